The monoisotopic (exact) mass is 353 g/mol. The summed E-state index contributed by atoms with van der Waals surface area (Å²) in [7, 11) is 1.89. The first kappa shape index (κ1) is 16.1. The number of benzene rings is 1. The highest BCUT2D eigenvalue weighted by Crippen LogP contribution is 2.15. The zero-order chi connectivity index (χ0) is 15.2. The third-order valence-corrected chi connectivity index (χ3v) is 4.17. The average Bonchev–Trinajstić information content (AvgIpc) is 2.91. The summed E-state index contributed by atoms with van der Waals surface area (Å²) in [5, 5.41) is 5.81. The summed E-state index contributed by atoms with van der Waals surface area (Å²) in [6.45, 7) is 2.08. The molecule has 1 saturated heterocycles. The summed E-state index contributed by atoms with van der Waals surface area (Å²) < 4.78 is 0.679. The van der Waals surface area contributed by atoms with Gasteiger partial charge in [0.25, 0.3) is 5.91 Å². The number of hydrogen-bond acceptors (Lipinski definition) is 4. The molecule has 1 aliphatic heterocycles. The van der Waals surface area contributed by atoms with Gasteiger partial charge in [0, 0.05) is 17.1 Å². The van der Waals surface area contributed by atoms with Crippen molar-refractivity contribution < 1.29 is 9.59 Å². The van der Waals surface area contributed by atoms with Gasteiger partial charge in [-0.05, 0) is 54.5 Å². The van der Waals surface area contributed by atoms with Gasteiger partial charge in [-0.1, -0.05) is 12.1 Å². The lowest BCUT2D eigenvalue weighted by atomic mass is 10.2. The third kappa shape index (κ3) is 4.91. The average molecular weight is 354 g/mol. The molecule has 21 heavy (non-hydrogen) atoms. The van der Waals surface area contributed by atoms with Gasteiger partial charge in [0.05, 0.1) is 12.1 Å². The summed E-state index contributed by atoms with van der Waals surface area (Å²) in [6.07, 6.45) is 2.33. The minimum atomic E-state index is -0.375. The first-order valence-corrected chi connectivity index (χ1v) is 7.86. The lowest BCUT2D eigenvalue weighted by molar-refractivity contribution is -0.121. The van der Waals surface area contributed by atoms with Gasteiger partial charge in [0.2, 0.25) is 5.91 Å². The maximum atomic E-state index is 12.0. The van der Waals surface area contributed by atoms with Crippen LogP contribution in [0.25, 0.3) is 0 Å². The molecule has 2 amide bonds. The smallest absolute Gasteiger partial charge is 0.259 e. The molecule has 114 valence electrons. The molecule has 1 aromatic rings. The number of nitrogens with one attached hydrogen (secondary N) is 2. The van der Waals surface area contributed by atoms with Gasteiger partial charge < -0.3 is 5.32 Å². The van der Waals surface area contributed by atoms with Crippen molar-refractivity contribution in [3.63, 3.8) is 0 Å². The molecular weight excluding hydrogens is 334 g/mol. The molecule has 1 aromatic carbocycles. The van der Waals surface area contributed by atoms with Gasteiger partial charge in [0.15, 0.2) is 0 Å². The Bertz CT molecular complexity index is 515. The topological polar surface area (TPSA) is 61.4 Å². The van der Waals surface area contributed by atoms with Crippen LogP contribution in [0.15, 0.2) is 28.7 Å². The number of halogens is 1. The summed E-state index contributed by atoms with van der Waals surface area (Å²) in [5.74, 6) is -0.656. The van der Waals surface area contributed by atoms with E-state index in [9.17, 15) is 9.59 Å². The fraction of sp³-hybridized carbons (Fsp3) is 0.467. The van der Waals surface area contributed by atoms with E-state index in [0.717, 1.165) is 19.5 Å². The van der Waals surface area contributed by atoms with Gasteiger partial charge in [-0.25, -0.2) is 0 Å². The highest BCUT2D eigenvalue weighted by atomic mass is 79.9. The predicted molar refractivity (Wildman–Crippen MR) is 85.1 cm³/mol. The van der Waals surface area contributed by atoms with E-state index in [4.69, 9.17) is 0 Å². The predicted octanol–water partition coefficient (Wildman–Crippen LogP) is 1.39. The van der Waals surface area contributed by atoms with Crippen molar-refractivity contribution in [1.82, 2.24) is 15.5 Å². The minimum Gasteiger partial charge on any atom is -0.313 e. The van der Waals surface area contributed by atoms with Gasteiger partial charge in [0.1, 0.15) is 0 Å². The first-order valence-electron chi connectivity index (χ1n) is 7.07. The molecule has 1 unspecified atom stereocenters. The maximum absolute atomic E-state index is 12.0. The molecule has 0 saturated carbocycles. The highest BCUT2D eigenvalue weighted by molar-refractivity contribution is 9.10. The first-order chi connectivity index (χ1) is 10.1. The van der Waals surface area contributed by atoms with Crippen LogP contribution in [0.1, 0.15) is 23.2 Å². The van der Waals surface area contributed by atoms with Gasteiger partial charge >= 0.3 is 0 Å². The molecule has 0 aromatic heterocycles. The van der Waals surface area contributed by atoms with Crippen LogP contribution in [-0.4, -0.2) is 49.4 Å². The fourth-order valence-corrected chi connectivity index (χ4v) is 2.94. The number of amides is 2. The standard InChI is InChI=1S/C15H20BrN3O2/c1-19(9-11-5-4-8-17-11)10-14(20)18-15(21)12-6-2-3-7-13(12)16/h2-3,6-7,11,17H,4-5,8-10H2,1H3,(H,18,20,21). The summed E-state index contributed by atoms with van der Waals surface area (Å²) >= 11 is 3.31. The number of likely N-dealkylation sites (N-methyl/N-ethyl adjacent to an activating group) is 1. The van der Waals surface area contributed by atoms with Crippen LogP contribution in [-0.2, 0) is 4.79 Å². The van der Waals surface area contributed by atoms with E-state index in [-0.39, 0.29) is 18.4 Å². The zero-order valence-corrected chi connectivity index (χ0v) is 13.6. The van der Waals surface area contributed by atoms with E-state index in [0.29, 0.717) is 16.1 Å². The van der Waals surface area contributed by atoms with Crippen LogP contribution in [0.4, 0.5) is 0 Å². The van der Waals surface area contributed by atoms with Crippen molar-refractivity contribution in [3.8, 4) is 0 Å². The maximum Gasteiger partial charge on any atom is 0.259 e. The molecular formula is C15H20BrN3O2. The highest BCUT2D eigenvalue weighted by Gasteiger charge is 2.18. The number of carbonyl (C=O) groups is 2. The van der Waals surface area contributed by atoms with Crippen LogP contribution < -0.4 is 10.6 Å². The fourth-order valence-electron chi connectivity index (χ4n) is 2.48. The van der Waals surface area contributed by atoms with E-state index in [2.05, 4.69) is 26.6 Å². The lowest BCUT2D eigenvalue weighted by Crippen LogP contribution is -2.42. The van der Waals surface area contributed by atoms with Crippen molar-refractivity contribution in [2.75, 3.05) is 26.7 Å². The van der Waals surface area contributed by atoms with E-state index >= 15 is 0 Å². The molecule has 2 rings (SSSR count). The van der Waals surface area contributed by atoms with Gasteiger partial charge in [-0.2, -0.15) is 0 Å². The Kier molecular flexibility index (Phi) is 5.90. The van der Waals surface area contributed by atoms with Crippen molar-refractivity contribution in [2.24, 2.45) is 0 Å². The summed E-state index contributed by atoms with van der Waals surface area (Å²) in [4.78, 5) is 25.9. The summed E-state index contributed by atoms with van der Waals surface area (Å²) in [6, 6.07) is 7.49. The Morgan fingerprint density at radius 1 is 1.43 bits per heavy atom. The Balaban J connectivity index is 1.81. The molecule has 5 nitrogen and oxygen atoms in total. The largest absolute Gasteiger partial charge is 0.313 e. The molecule has 1 heterocycles. The third-order valence-electron chi connectivity index (χ3n) is 3.48. The SMILES string of the molecule is CN(CC(=O)NC(=O)c1ccccc1Br)CC1CCCN1. The lowest BCUT2D eigenvalue weighted by Gasteiger charge is -2.20. The number of carbonyl (C=O) groups excluding carboxylic acids is 2. The van der Waals surface area contributed by atoms with Crippen molar-refractivity contribution in [2.45, 2.75) is 18.9 Å². The van der Waals surface area contributed by atoms with Crippen LogP contribution >= 0.6 is 15.9 Å². The second kappa shape index (κ2) is 7.68. The van der Waals surface area contributed by atoms with E-state index < -0.39 is 0 Å². The second-order valence-corrected chi connectivity index (χ2v) is 6.20. The minimum absolute atomic E-state index is 0.217. The molecule has 1 fully saturated rings. The molecule has 0 radical (unpaired) electrons. The second-order valence-electron chi connectivity index (χ2n) is 5.35. The van der Waals surface area contributed by atoms with Crippen LogP contribution in [0.2, 0.25) is 0 Å². The van der Waals surface area contributed by atoms with Crippen LogP contribution in [0.5, 0.6) is 0 Å². The van der Waals surface area contributed by atoms with Crippen molar-refractivity contribution in [3.05, 3.63) is 34.3 Å². The Morgan fingerprint density at radius 2 is 2.19 bits per heavy atom. The zero-order valence-electron chi connectivity index (χ0n) is 12.1. The number of nitrogens with zero attached hydrogens (tertiary/aromatic N) is 1. The molecule has 0 bridgehead atoms. The van der Waals surface area contributed by atoms with E-state index in [1.807, 2.05) is 18.0 Å². The van der Waals surface area contributed by atoms with Gasteiger partial charge in [-0.15, -0.1) is 0 Å². The number of imide groups is 1. The Labute approximate surface area is 133 Å². The number of hydrogen-bond donors (Lipinski definition) is 2. The van der Waals surface area contributed by atoms with E-state index in [1.54, 1.807) is 18.2 Å². The Hall–Kier alpha value is -1.24. The van der Waals surface area contributed by atoms with E-state index in [1.165, 1.54) is 6.42 Å². The van der Waals surface area contributed by atoms with Crippen molar-refractivity contribution >= 4 is 27.7 Å². The van der Waals surface area contributed by atoms with Crippen molar-refractivity contribution in [1.29, 1.82) is 0 Å². The number of rotatable bonds is 5. The molecule has 0 spiro atoms. The Morgan fingerprint density at radius 3 is 2.86 bits per heavy atom. The quantitative estimate of drug-likeness (QED) is 0.839. The molecule has 1 atom stereocenters. The molecule has 6 heteroatoms. The molecule has 0 aliphatic carbocycles. The normalized spacial score (nSPS) is 18.0. The summed E-state index contributed by atoms with van der Waals surface area (Å²) in [5.41, 5.74) is 0.464. The van der Waals surface area contributed by atoms with Gasteiger partial charge in [-0.3, -0.25) is 19.8 Å². The van der Waals surface area contributed by atoms with Crippen LogP contribution in [0, 0.1) is 0 Å². The molecule has 2 N–H and O–H groups in total. The van der Waals surface area contributed by atoms with Crippen LogP contribution in [0.3, 0.4) is 0 Å². The molecule has 1 aliphatic rings.